The van der Waals surface area contributed by atoms with Crippen molar-refractivity contribution in [2.24, 2.45) is 5.92 Å². The SMILES string of the molecule is Cc1cc(C(=O)NCC2CC(C)N(C(=O)c3cccc(N)c3N)C2)nn1CCO. The number of nitrogen functional groups attached to an aromatic ring is 2. The van der Waals surface area contributed by atoms with Crippen molar-refractivity contribution in [2.45, 2.75) is 32.9 Å². The van der Waals surface area contributed by atoms with Gasteiger partial charge in [-0.25, -0.2) is 0 Å². The number of aliphatic hydroxyl groups excluding tert-OH is 1. The Kier molecular flexibility index (Phi) is 6.07. The van der Waals surface area contributed by atoms with Crippen molar-refractivity contribution >= 4 is 23.2 Å². The molecule has 29 heavy (non-hydrogen) atoms. The van der Waals surface area contributed by atoms with E-state index in [1.807, 2.05) is 13.8 Å². The molecule has 2 unspecified atom stereocenters. The summed E-state index contributed by atoms with van der Waals surface area (Å²) in [6, 6.07) is 6.80. The maximum absolute atomic E-state index is 12.9. The fraction of sp³-hybridized carbons (Fsp3) is 0.450. The Morgan fingerprint density at radius 2 is 2.10 bits per heavy atom. The van der Waals surface area contributed by atoms with Gasteiger partial charge in [-0.3, -0.25) is 14.3 Å². The molecule has 6 N–H and O–H groups in total. The maximum atomic E-state index is 12.9. The third-order valence-corrected chi connectivity index (χ3v) is 5.37. The molecule has 3 rings (SSSR count). The third-order valence-electron chi connectivity index (χ3n) is 5.37. The van der Waals surface area contributed by atoms with Crippen LogP contribution in [0.1, 0.15) is 39.9 Å². The van der Waals surface area contributed by atoms with Gasteiger partial charge in [0.25, 0.3) is 11.8 Å². The van der Waals surface area contributed by atoms with Gasteiger partial charge in [-0.15, -0.1) is 0 Å². The van der Waals surface area contributed by atoms with Crippen LogP contribution in [0, 0.1) is 12.8 Å². The number of aliphatic hydroxyl groups is 1. The van der Waals surface area contributed by atoms with Crippen molar-refractivity contribution in [1.82, 2.24) is 20.0 Å². The van der Waals surface area contributed by atoms with E-state index in [9.17, 15) is 9.59 Å². The second-order valence-corrected chi connectivity index (χ2v) is 7.54. The number of amides is 2. The molecule has 1 aromatic heterocycles. The average molecular weight is 400 g/mol. The van der Waals surface area contributed by atoms with E-state index < -0.39 is 0 Å². The molecule has 1 aromatic carbocycles. The minimum atomic E-state index is -0.262. The number of nitrogens with zero attached hydrogens (tertiary/aromatic N) is 3. The van der Waals surface area contributed by atoms with Crippen molar-refractivity contribution in [3.8, 4) is 0 Å². The lowest BCUT2D eigenvalue weighted by molar-refractivity contribution is 0.0744. The van der Waals surface area contributed by atoms with Crippen LogP contribution < -0.4 is 16.8 Å². The first-order chi connectivity index (χ1) is 13.8. The Morgan fingerprint density at radius 3 is 2.83 bits per heavy atom. The van der Waals surface area contributed by atoms with E-state index in [1.54, 1.807) is 33.8 Å². The summed E-state index contributed by atoms with van der Waals surface area (Å²) in [6.45, 7) is 5.12. The molecule has 156 valence electrons. The Morgan fingerprint density at radius 1 is 1.34 bits per heavy atom. The first-order valence-electron chi connectivity index (χ1n) is 9.70. The van der Waals surface area contributed by atoms with Gasteiger partial charge in [-0.05, 0) is 44.4 Å². The van der Waals surface area contributed by atoms with Crippen molar-refractivity contribution in [1.29, 1.82) is 0 Å². The lowest BCUT2D eigenvalue weighted by Gasteiger charge is -2.22. The van der Waals surface area contributed by atoms with Gasteiger partial charge >= 0.3 is 0 Å². The highest BCUT2D eigenvalue weighted by molar-refractivity contribution is 6.01. The molecule has 2 atom stereocenters. The van der Waals surface area contributed by atoms with Crippen LogP contribution in [0.3, 0.4) is 0 Å². The number of para-hydroxylation sites is 1. The fourth-order valence-electron chi connectivity index (χ4n) is 3.77. The molecule has 2 amide bonds. The van der Waals surface area contributed by atoms with Crippen LogP contribution in [0.2, 0.25) is 0 Å². The smallest absolute Gasteiger partial charge is 0.271 e. The number of anilines is 2. The molecule has 9 nitrogen and oxygen atoms in total. The van der Waals surface area contributed by atoms with Crippen LogP contribution >= 0.6 is 0 Å². The zero-order chi connectivity index (χ0) is 21.1. The number of hydrogen-bond acceptors (Lipinski definition) is 6. The zero-order valence-corrected chi connectivity index (χ0v) is 16.8. The van der Waals surface area contributed by atoms with Crippen LogP contribution in [0.5, 0.6) is 0 Å². The monoisotopic (exact) mass is 400 g/mol. The molecule has 2 heterocycles. The van der Waals surface area contributed by atoms with E-state index in [0.29, 0.717) is 42.3 Å². The molecule has 1 aliphatic rings. The number of nitrogens with one attached hydrogen (secondary N) is 1. The molecule has 2 aromatic rings. The van der Waals surface area contributed by atoms with Gasteiger partial charge in [0.1, 0.15) is 5.69 Å². The molecule has 0 radical (unpaired) electrons. The van der Waals surface area contributed by atoms with Crippen molar-refractivity contribution in [2.75, 3.05) is 31.2 Å². The second-order valence-electron chi connectivity index (χ2n) is 7.54. The molecule has 0 aliphatic carbocycles. The summed E-state index contributed by atoms with van der Waals surface area (Å²) in [6.07, 6.45) is 0.784. The average Bonchev–Trinajstić information content (AvgIpc) is 3.24. The summed E-state index contributed by atoms with van der Waals surface area (Å²) in [5, 5.41) is 16.2. The van der Waals surface area contributed by atoms with Gasteiger partial charge in [-0.2, -0.15) is 5.10 Å². The molecule has 0 spiro atoms. The van der Waals surface area contributed by atoms with Gasteiger partial charge < -0.3 is 26.8 Å². The van der Waals surface area contributed by atoms with Crippen LogP contribution in [-0.2, 0) is 6.54 Å². The van der Waals surface area contributed by atoms with Gasteiger partial charge in [0.05, 0.1) is 30.1 Å². The number of aromatic nitrogens is 2. The van der Waals surface area contributed by atoms with Crippen molar-refractivity contribution < 1.29 is 14.7 Å². The number of carbonyl (C=O) groups is 2. The van der Waals surface area contributed by atoms with Crippen molar-refractivity contribution in [3.05, 3.63) is 41.2 Å². The number of hydrogen-bond donors (Lipinski definition) is 4. The summed E-state index contributed by atoms with van der Waals surface area (Å²) in [5.74, 6) is -0.266. The number of carbonyl (C=O) groups excluding carboxylic acids is 2. The normalized spacial score (nSPS) is 18.8. The van der Waals surface area contributed by atoms with Gasteiger partial charge in [0.2, 0.25) is 0 Å². The lowest BCUT2D eigenvalue weighted by Crippen LogP contribution is -2.35. The summed E-state index contributed by atoms with van der Waals surface area (Å²) < 4.78 is 1.60. The van der Waals surface area contributed by atoms with Gasteiger partial charge in [0, 0.05) is 24.8 Å². The number of rotatable bonds is 6. The summed E-state index contributed by atoms with van der Waals surface area (Å²) >= 11 is 0. The predicted octanol–water partition coefficient (Wildman–Crippen LogP) is 0.629. The standard InChI is InChI=1S/C20H28N6O3/c1-12-8-14(10-23-19(28)17-9-13(2)26(24-17)6-7-27)11-25(12)20(29)15-4-3-5-16(21)18(15)22/h3-5,9,12,14,27H,6-8,10-11,21-22H2,1-2H3,(H,23,28). The van der Waals surface area contributed by atoms with Crippen LogP contribution in [0.25, 0.3) is 0 Å². The molecule has 1 aliphatic heterocycles. The molecule has 0 bridgehead atoms. The van der Waals surface area contributed by atoms with Crippen LogP contribution in [-0.4, -0.2) is 57.3 Å². The van der Waals surface area contributed by atoms with E-state index in [2.05, 4.69) is 10.4 Å². The van der Waals surface area contributed by atoms with Crippen LogP contribution in [0.4, 0.5) is 11.4 Å². The molecular weight excluding hydrogens is 372 g/mol. The Balaban J connectivity index is 1.60. The summed E-state index contributed by atoms with van der Waals surface area (Å²) in [4.78, 5) is 27.1. The zero-order valence-electron chi connectivity index (χ0n) is 16.8. The number of aryl methyl sites for hydroxylation is 1. The van der Waals surface area contributed by atoms with Crippen LogP contribution in [0.15, 0.2) is 24.3 Å². The highest BCUT2D eigenvalue weighted by Crippen LogP contribution is 2.28. The molecule has 1 saturated heterocycles. The number of likely N-dealkylation sites (tertiary alicyclic amines) is 1. The minimum Gasteiger partial charge on any atom is -0.397 e. The maximum Gasteiger partial charge on any atom is 0.271 e. The number of benzene rings is 1. The second kappa shape index (κ2) is 8.52. The van der Waals surface area contributed by atoms with E-state index >= 15 is 0 Å². The lowest BCUT2D eigenvalue weighted by atomic mass is 10.1. The minimum absolute atomic E-state index is 0.0367. The summed E-state index contributed by atoms with van der Waals surface area (Å²) in [5.41, 5.74) is 14.0. The van der Waals surface area contributed by atoms with E-state index in [0.717, 1.165) is 12.1 Å². The molecular formula is C20H28N6O3. The first-order valence-corrected chi connectivity index (χ1v) is 9.70. The van der Waals surface area contributed by atoms with E-state index in [1.165, 1.54) is 0 Å². The molecule has 9 heteroatoms. The topological polar surface area (TPSA) is 140 Å². The predicted molar refractivity (Wildman–Crippen MR) is 110 cm³/mol. The van der Waals surface area contributed by atoms with Crippen molar-refractivity contribution in [3.63, 3.8) is 0 Å². The largest absolute Gasteiger partial charge is 0.397 e. The fourth-order valence-corrected chi connectivity index (χ4v) is 3.77. The Bertz CT molecular complexity index is 910. The van der Waals surface area contributed by atoms with Gasteiger partial charge in [-0.1, -0.05) is 6.07 Å². The molecule has 0 saturated carbocycles. The summed E-state index contributed by atoms with van der Waals surface area (Å²) in [7, 11) is 0. The molecule has 1 fully saturated rings. The Hall–Kier alpha value is -3.07. The number of nitrogens with two attached hydrogens (primary N) is 2. The third kappa shape index (κ3) is 4.34. The quantitative estimate of drug-likeness (QED) is 0.525. The first kappa shape index (κ1) is 20.7. The van der Waals surface area contributed by atoms with E-state index in [4.69, 9.17) is 16.6 Å². The highest BCUT2D eigenvalue weighted by Gasteiger charge is 2.34. The van der Waals surface area contributed by atoms with E-state index in [-0.39, 0.29) is 30.4 Å². The van der Waals surface area contributed by atoms with Gasteiger partial charge in [0.15, 0.2) is 0 Å². The highest BCUT2D eigenvalue weighted by atomic mass is 16.3. The Labute approximate surface area is 169 Å².